The number of likely N-dealkylation sites (tertiary alicyclic amines) is 1. The van der Waals surface area contributed by atoms with Crippen LogP contribution in [0.1, 0.15) is 30.0 Å². The van der Waals surface area contributed by atoms with Gasteiger partial charge in [0.1, 0.15) is 11.5 Å². The number of imide groups is 1. The molecular weight excluding hydrogens is 306 g/mol. The van der Waals surface area contributed by atoms with E-state index < -0.39 is 6.04 Å². The molecule has 0 spiro atoms. The van der Waals surface area contributed by atoms with E-state index in [4.69, 9.17) is 9.47 Å². The zero-order chi connectivity index (χ0) is 17.1. The van der Waals surface area contributed by atoms with Crippen molar-refractivity contribution < 1.29 is 19.1 Å². The topological polar surface area (TPSA) is 55.8 Å². The quantitative estimate of drug-likeness (QED) is 0.793. The number of hydrogen-bond donors (Lipinski definition) is 0. The normalized spacial score (nSPS) is 14.4. The molecule has 0 unspecified atom stereocenters. The zero-order valence-electron chi connectivity index (χ0n) is 13.7. The van der Waals surface area contributed by atoms with Crippen molar-refractivity contribution >= 4 is 11.8 Å². The molecule has 5 nitrogen and oxygen atoms in total. The summed E-state index contributed by atoms with van der Waals surface area (Å²) < 4.78 is 10.9. The molecule has 2 aromatic carbocycles. The van der Waals surface area contributed by atoms with Gasteiger partial charge in [0.25, 0.3) is 0 Å². The first-order valence-electron chi connectivity index (χ1n) is 7.78. The number of carbonyl (C=O) groups is 2. The lowest BCUT2D eigenvalue weighted by molar-refractivity contribution is -0.140. The van der Waals surface area contributed by atoms with Crippen LogP contribution in [0.25, 0.3) is 0 Å². The third-order valence-electron chi connectivity index (χ3n) is 4.22. The molecule has 0 bridgehead atoms. The highest BCUT2D eigenvalue weighted by Gasteiger charge is 2.38. The molecule has 0 aromatic heterocycles. The zero-order valence-corrected chi connectivity index (χ0v) is 13.7. The van der Waals surface area contributed by atoms with Crippen LogP contribution in [0.5, 0.6) is 11.5 Å². The van der Waals surface area contributed by atoms with Gasteiger partial charge < -0.3 is 9.47 Å². The van der Waals surface area contributed by atoms with E-state index in [0.29, 0.717) is 11.5 Å². The summed E-state index contributed by atoms with van der Waals surface area (Å²) in [6.07, 6.45) is 0.471. The molecule has 1 aliphatic rings. The number of para-hydroxylation sites is 2. The first-order valence-corrected chi connectivity index (χ1v) is 7.78. The van der Waals surface area contributed by atoms with Crippen LogP contribution >= 0.6 is 0 Å². The van der Waals surface area contributed by atoms with Gasteiger partial charge in [0.2, 0.25) is 11.8 Å². The fourth-order valence-corrected chi connectivity index (χ4v) is 3.11. The fourth-order valence-electron chi connectivity index (χ4n) is 3.11. The first-order chi connectivity index (χ1) is 11.7. The lowest BCUT2D eigenvalue weighted by atomic mass is 9.95. The summed E-state index contributed by atoms with van der Waals surface area (Å²) in [7, 11) is 3.15. The van der Waals surface area contributed by atoms with Crippen molar-refractivity contribution in [3.05, 3.63) is 59.7 Å². The minimum atomic E-state index is -0.570. The van der Waals surface area contributed by atoms with Gasteiger partial charge >= 0.3 is 0 Å². The van der Waals surface area contributed by atoms with E-state index in [1.807, 2.05) is 48.5 Å². The van der Waals surface area contributed by atoms with Crippen LogP contribution in [0.2, 0.25) is 0 Å². The van der Waals surface area contributed by atoms with Gasteiger partial charge in [-0.2, -0.15) is 0 Å². The van der Waals surface area contributed by atoms with Crippen LogP contribution in [-0.4, -0.2) is 30.9 Å². The molecule has 0 aliphatic carbocycles. The van der Waals surface area contributed by atoms with Crippen molar-refractivity contribution in [2.75, 3.05) is 14.2 Å². The summed E-state index contributed by atoms with van der Waals surface area (Å²) in [6, 6.07) is 14.3. The Bertz CT molecular complexity index is 708. The van der Waals surface area contributed by atoms with Gasteiger partial charge in [-0.15, -0.1) is 0 Å². The van der Waals surface area contributed by atoms with Crippen LogP contribution in [0.3, 0.4) is 0 Å². The van der Waals surface area contributed by atoms with E-state index in [9.17, 15) is 9.59 Å². The van der Waals surface area contributed by atoms with Gasteiger partial charge in [-0.1, -0.05) is 36.4 Å². The van der Waals surface area contributed by atoms with Crippen molar-refractivity contribution in [1.82, 2.24) is 4.90 Å². The Morgan fingerprint density at radius 2 is 1.21 bits per heavy atom. The molecule has 0 saturated carbocycles. The molecule has 1 aliphatic heterocycles. The Morgan fingerprint density at radius 1 is 0.792 bits per heavy atom. The number of nitrogens with zero attached hydrogens (tertiary/aromatic N) is 1. The van der Waals surface area contributed by atoms with E-state index in [2.05, 4.69) is 0 Å². The molecule has 1 saturated heterocycles. The second-order valence-electron chi connectivity index (χ2n) is 5.54. The fraction of sp³-hybridized carbons (Fsp3) is 0.263. The van der Waals surface area contributed by atoms with E-state index in [0.717, 1.165) is 11.1 Å². The molecule has 0 radical (unpaired) electrons. The van der Waals surface area contributed by atoms with Gasteiger partial charge in [-0.05, 0) is 12.1 Å². The lowest BCUT2D eigenvalue weighted by Gasteiger charge is -2.29. The summed E-state index contributed by atoms with van der Waals surface area (Å²) in [6.45, 7) is 0. The average molecular weight is 325 g/mol. The monoisotopic (exact) mass is 325 g/mol. The van der Waals surface area contributed by atoms with Crippen molar-refractivity contribution in [2.24, 2.45) is 0 Å². The molecule has 0 atom stereocenters. The molecule has 3 rings (SSSR count). The summed E-state index contributed by atoms with van der Waals surface area (Å²) in [4.78, 5) is 26.1. The minimum Gasteiger partial charge on any atom is -0.496 e. The van der Waals surface area contributed by atoms with Crippen molar-refractivity contribution in [3.8, 4) is 11.5 Å². The largest absolute Gasteiger partial charge is 0.496 e. The Balaban J connectivity index is 2.21. The maximum atomic E-state index is 12.4. The van der Waals surface area contributed by atoms with Gasteiger partial charge in [-0.3, -0.25) is 14.5 Å². The number of benzene rings is 2. The molecule has 0 N–H and O–H groups in total. The predicted molar refractivity (Wildman–Crippen MR) is 88.9 cm³/mol. The average Bonchev–Trinajstić information content (AvgIpc) is 2.95. The van der Waals surface area contributed by atoms with Gasteiger partial charge in [0.15, 0.2) is 0 Å². The molecule has 24 heavy (non-hydrogen) atoms. The summed E-state index contributed by atoms with van der Waals surface area (Å²) in [5, 5.41) is 0. The molecule has 2 aromatic rings. The molecule has 1 heterocycles. The highest BCUT2D eigenvalue weighted by atomic mass is 16.5. The second kappa shape index (κ2) is 6.74. The van der Waals surface area contributed by atoms with E-state index in [1.165, 1.54) is 4.90 Å². The Morgan fingerprint density at radius 3 is 1.62 bits per heavy atom. The van der Waals surface area contributed by atoms with Crippen molar-refractivity contribution in [1.29, 1.82) is 0 Å². The van der Waals surface area contributed by atoms with Crippen LogP contribution < -0.4 is 9.47 Å². The number of rotatable bonds is 5. The molecule has 5 heteroatoms. The maximum Gasteiger partial charge on any atom is 0.230 e. The number of ether oxygens (including phenoxy) is 2. The van der Waals surface area contributed by atoms with E-state index >= 15 is 0 Å². The number of amides is 2. The highest BCUT2D eigenvalue weighted by Crippen LogP contribution is 2.40. The van der Waals surface area contributed by atoms with Crippen LogP contribution in [0.4, 0.5) is 0 Å². The predicted octanol–water partition coefficient (Wildman–Crippen LogP) is 2.94. The smallest absolute Gasteiger partial charge is 0.230 e. The van der Waals surface area contributed by atoms with Gasteiger partial charge in [0.05, 0.1) is 20.3 Å². The maximum absolute atomic E-state index is 12.4. The second-order valence-corrected chi connectivity index (χ2v) is 5.54. The molecule has 1 fully saturated rings. The summed E-state index contributed by atoms with van der Waals surface area (Å²) >= 11 is 0. The SMILES string of the molecule is COc1ccccc1C(c1ccccc1OC)N1C(=O)CCC1=O. The van der Waals surface area contributed by atoms with Gasteiger partial charge in [-0.25, -0.2) is 0 Å². The third kappa shape index (κ3) is 2.73. The number of hydrogen-bond acceptors (Lipinski definition) is 4. The minimum absolute atomic E-state index is 0.179. The van der Waals surface area contributed by atoms with Crippen LogP contribution in [0.15, 0.2) is 48.5 Å². The van der Waals surface area contributed by atoms with Crippen LogP contribution in [-0.2, 0) is 9.59 Å². The molecule has 124 valence electrons. The standard InChI is InChI=1S/C19H19NO4/c1-23-15-9-5-3-7-13(15)19(20-17(21)11-12-18(20)22)14-8-4-6-10-16(14)24-2/h3-10,19H,11-12H2,1-2H3. The first kappa shape index (κ1) is 16.1. The number of carbonyl (C=O) groups excluding carboxylic acids is 2. The lowest BCUT2D eigenvalue weighted by Crippen LogP contribution is -2.34. The Labute approximate surface area is 140 Å². The third-order valence-corrected chi connectivity index (χ3v) is 4.22. The Hall–Kier alpha value is -2.82. The van der Waals surface area contributed by atoms with Crippen LogP contribution in [0, 0.1) is 0 Å². The number of methoxy groups -OCH3 is 2. The van der Waals surface area contributed by atoms with E-state index in [-0.39, 0.29) is 24.7 Å². The van der Waals surface area contributed by atoms with Gasteiger partial charge in [0, 0.05) is 24.0 Å². The molecular formula is C19H19NO4. The van der Waals surface area contributed by atoms with E-state index in [1.54, 1.807) is 14.2 Å². The van der Waals surface area contributed by atoms with Crippen molar-refractivity contribution in [3.63, 3.8) is 0 Å². The molecule has 2 amide bonds. The Kier molecular flexibility index (Phi) is 4.51. The van der Waals surface area contributed by atoms with Crippen molar-refractivity contribution in [2.45, 2.75) is 18.9 Å². The highest BCUT2D eigenvalue weighted by molar-refractivity contribution is 6.02. The summed E-state index contributed by atoms with van der Waals surface area (Å²) in [5.41, 5.74) is 1.52. The summed E-state index contributed by atoms with van der Waals surface area (Å²) in [5.74, 6) is 0.894.